The molecule has 1 amide bonds. The number of phenols is 1. The van der Waals surface area contributed by atoms with Gasteiger partial charge in [0.2, 0.25) is 11.9 Å². The zero-order valence-electron chi connectivity index (χ0n) is 19.9. The number of carbonyl (C=O) groups excluding carboxylic acids is 1. The van der Waals surface area contributed by atoms with E-state index in [1.807, 2.05) is 26.0 Å². The molecule has 35 heavy (non-hydrogen) atoms. The van der Waals surface area contributed by atoms with Crippen molar-refractivity contribution < 1.29 is 18.3 Å². The molecule has 10 nitrogen and oxygen atoms in total. The van der Waals surface area contributed by atoms with Crippen molar-refractivity contribution in [2.24, 2.45) is 0 Å². The second-order valence-corrected chi connectivity index (χ2v) is 10.4. The van der Waals surface area contributed by atoms with Crippen LogP contribution >= 0.6 is 0 Å². The number of hydrogen-bond acceptors (Lipinski definition) is 8. The van der Waals surface area contributed by atoms with E-state index in [-0.39, 0.29) is 28.5 Å². The summed E-state index contributed by atoms with van der Waals surface area (Å²) in [7, 11) is -3.89. The number of aromatic hydroxyl groups is 1. The summed E-state index contributed by atoms with van der Waals surface area (Å²) in [6.07, 6.45) is 0.439. The Hall–Kier alpha value is -3.54. The van der Waals surface area contributed by atoms with Crippen LogP contribution in [0.3, 0.4) is 0 Å². The van der Waals surface area contributed by atoms with Gasteiger partial charge in [0, 0.05) is 22.6 Å². The van der Waals surface area contributed by atoms with Gasteiger partial charge in [0.25, 0.3) is 10.0 Å². The van der Waals surface area contributed by atoms with Gasteiger partial charge in [-0.05, 0) is 70.0 Å². The molecule has 1 saturated heterocycles. The van der Waals surface area contributed by atoms with E-state index in [2.05, 4.69) is 30.9 Å². The number of benzene rings is 2. The fourth-order valence-electron chi connectivity index (χ4n) is 4.09. The molecule has 2 heterocycles. The molecule has 0 saturated carbocycles. The minimum Gasteiger partial charge on any atom is -0.507 e. The fraction of sp³-hybridized carbons (Fsp3) is 0.292. The van der Waals surface area contributed by atoms with Crippen LogP contribution in [0.1, 0.15) is 40.5 Å². The average Bonchev–Trinajstić information content (AvgIpc) is 3.26. The molecular weight excluding hydrogens is 468 g/mol. The molecule has 0 aliphatic carbocycles. The van der Waals surface area contributed by atoms with Crippen LogP contribution in [-0.2, 0) is 14.8 Å². The molecular formula is C24H28N6O4S. The van der Waals surface area contributed by atoms with Crippen molar-refractivity contribution in [3.63, 3.8) is 0 Å². The van der Waals surface area contributed by atoms with E-state index in [1.54, 1.807) is 19.9 Å². The number of aromatic nitrogens is 2. The van der Waals surface area contributed by atoms with Gasteiger partial charge in [0.1, 0.15) is 11.8 Å². The van der Waals surface area contributed by atoms with Crippen LogP contribution in [0.2, 0.25) is 0 Å². The smallest absolute Gasteiger partial charge is 0.264 e. The molecule has 2 aromatic carbocycles. The van der Waals surface area contributed by atoms with Crippen LogP contribution in [0.25, 0.3) is 0 Å². The number of nitrogens with zero attached hydrogens (tertiary/aromatic N) is 2. The molecule has 1 fully saturated rings. The quantitative estimate of drug-likeness (QED) is 0.350. The molecule has 4 rings (SSSR count). The fourth-order valence-corrected chi connectivity index (χ4v) is 5.03. The van der Waals surface area contributed by atoms with Crippen LogP contribution in [0.4, 0.5) is 11.6 Å². The SMILES string of the molecule is Cc1cc(C)c(O)c(C2CC(C(=O)Nc3ccc(S(=O)(=O)Nc4nc(C)cc(C)n4)cc3)NN2)c1. The largest absolute Gasteiger partial charge is 0.507 e. The van der Waals surface area contributed by atoms with E-state index in [0.29, 0.717) is 23.5 Å². The van der Waals surface area contributed by atoms with E-state index in [0.717, 1.165) is 16.7 Å². The highest BCUT2D eigenvalue weighted by Crippen LogP contribution is 2.33. The third-order valence-corrected chi connectivity index (χ3v) is 7.05. The van der Waals surface area contributed by atoms with Gasteiger partial charge in [0.05, 0.1) is 10.9 Å². The summed E-state index contributed by atoms with van der Waals surface area (Å²) in [6.45, 7) is 7.31. The Morgan fingerprint density at radius 1 is 1.00 bits per heavy atom. The zero-order valence-corrected chi connectivity index (χ0v) is 20.7. The lowest BCUT2D eigenvalue weighted by Crippen LogP contribution is -2.39. The molecule has 1 aromatic heterocycles. The van der Waals surface area contributed by atoms with Crippen LogP contribution in [-0.4, -0.2) is 35.4 Å². The number of phenolic OH excluding ortho intramolecular Hbond substituents is 1. The Labute approximate surface area is 204 Å². The third kappa shape index (κ3) is 5.59. The van der Waals surface area contributed by atoms with E-state index in [1.165, 1.54) is 24.3 Å². The first kappa shape index (κ1) is 24.6. The first-order valence-corrected chi connectivity index (χ1v) is 12.6. The topological polar surface area (TPSA) is 145 Å². The Morgan fingerprint density at radius 2 is 1.66 bits per heavy atom. The first-order valence-electron chi connectivity index (χ1n) is 11.1. The lowest BCUT2D eigenvalue weighted by Gasteiger charge is -2.15. The van der Waals surface area contributed by atoms with Crippen molar-refractivity contribution in [1.29, 1.82) is 0 Å². The summed E-state index contributed by atoms with van der Waals surface area (Å²) in [6, 6.07) is 10.6. The standard InChI is InChI=1S/C24H28N6O4S/c1-13-9-14(2)22(31)19(10-13)20-12-21(29-28-20)23(32)27-17-5-7-18(8-6-17)35(33,34)30-24-25-15(3)11-16(4)26-24/h5-11,20-21,28-29,31H,12H2,1-4H3,(H,27,32)(H,25,26,30). The number of sulfonamides is 1. The second kappa shape index (κ2) is 9.61. The summed E-state index contributed by atoms with van der Waals surface area (Å²) >= 11 is 0. The first-order chi connectivity index (χ1) is 16.5. The Morgan fingerprint density at radius 3 is 2.31 bits per heavy atom. The molecule has 11 heteroatoms. The predicted octanol–water partition coefficient (Wildman–Crippen LogP) is 2.76. The maximum atomic E-state index is 12.8. The van der Waals surface area contributed by atoms with Crippen molar-refractivity contribution in [1.82, 2.24) is 20.8 Å². The van der Waals surface area contributed by atoms with Gasteiger partial charge < -0.3 is 10.4 Å². The van der Waals surface area contributed by atoms with E-state index in [9.17, 15) is 18.3 Å². The number of nitrogens with one attached hydrogen (secondary N) is 4. The van der Waals surface area contributed by atoms with Gasteiger partial charge >= 0.3 is 0 Å². The summed E-state index contributed by atoms with van der Waals surface area (Å²) in [5.41, 5.74) is 10.3. The van der Waals surface area contributed by atoms with E-state index in [4.69, 9.17) is 0 Å². The summed E-state index contributed by atoms with van der Waals surface area (Å²) in [4.78, 5) is 21.0. The third-order valence-electron chi connectivity index (χ3n) is 5.71. The molecule has 2 unspecified atom stereocenters. The Balaban J connectivity index is 1.40. The number of carbonyl (C=O) groups is 1. The maximum absolute atomic E-state index is 12.8. The minimum absolute atomic E-state index is 0.00378. The molecule has 0 bridgehead atoms. The molecule has 5 N–H and O–H groups in total. The zero-order chi connectivity index (χ0) is 25.3. The van der Waals surface area contributed by atoms with Crippen molar-refractivity contribution in [2.45, 2.75) is 51.1 Å². The number of hydrazine groups is 1. The molecule has 0 radical (unpaired) electrons. The Bertz CT molecular complexity index is 1360. The van der Waals surface area contributed by atoms with Crippen LogP contribution in [0.5, 0.6) is 5.75 Å². The lowest BCUT2D eigenvalue weighted by atomic mass is 9.96. The molecule has 184 valence electrons. The highest BCUT2D eigenvalue weighted by molar-refractivity contribution is 7.92. The average molecular weight is 497 g/mol. The molecule has 0 spiro atoms. The van der Waals surface area contributed by atoms with Gasteiger partial charge in [-0.3, -0.25) is 4.79 Å². The van der Waals surface area contributed by atoms with E-state index >= 15 is 0 Å². The number of aryl methyl sites for hydroxylation is 4. The normalized spacial score (nSPS) is 17.8. The monoisotopic (exact) mass is 496 g/mol. The number of anilines is 2. The van der Waals surface area contributed by atoms with Crippen molar-refractivity contribution >= 4 is 27.6 Å². The van der Waals surface area contributed by atoms with Gasteiger partial charge in [-0.15, -0.1) is 0 Å². The molecule has 3 aromatic rings. The van der Waals surface area contributed by atoms with Crippen molar-refractivity contribution in [2.75, 3.05) is 10.0 Å². The minimum atomic E-state index is -3.89. The van der Waals surface area contributed by atoms with Crippen LogP contribution < -0.4 is 20.9 Å². The van der Waals surface area contributed by atoms with Gasteiger partial charge in [-0.2, -0.15) is 0 Å². The number of amides is 1. The van der Waals surface area contributed by atoms with Gasteiger partial charge in [0.15, 0.2) is 0 Å². The van der Waals surface area contributed by atoms with Gasteiger partial charge in [-0.1, -0.05) is 17.7 Å². The van der Waals surface area contributed by atoms with E-state index < -0.39 is 16.1 Å². The van der Waals surface area contributed by atoms with Crippen LogP contribution in [0, 0.1) is 27.7 Å². The number of hydrogen-bond donors (Lipinski definition) is 5. The summed E-state index contributed by atoms with van der Waals surface area (Å²) in [5, 5.41) is 13.2. The number of rotatable bonds is 6. The van der Waals surface area contributed by atoms with Crippen LogP contribution in [0.15, 0.2) is 47.4 Å². The lowest BCUT2D eigenvalue weighted by molar-refractivity contribution is -0.117. The maximum Gasteiger partial charge on any atom is 0.264 e. The summed E-state index contributed by atoms with van der Waals surface area (Å²) in [5.74, 6) is -0.0575. The Kier molecular flexibility index (Phi) is 6.75. The summed E-state index contributed by atoms with van der Waals surface area (Å²) < 4.78 is 27.8. The highest BCUT2D eigenvalue weighted by atomic mass is 32.2. The van der Waals surface area contributed by atoms with Gasteiger partial charge in [-0.25, -0.2) is 34.0 Å². The predicted molar refractivity (Wildman–Crippen MR) is 132 cm³/mol. The molecule has 1 aliphatic rings. The molecule has 1 aliphatic heterocycles. The van der Waals surface area contributed by atoms with Crippen molar-refractivity contribution in [3.05, 3.63) is 70.5 Å². The highest BCUT2D eigenvalue weighted by Gasteiger charge is 2.32. The molecule has 2 atom stereocenters. The van der Waals surface area contributed by atoms with Crippen molar-refractivity contribution in [3.8, 4) is 5.75 Å². The second-order valence-electron chi connectivity index (χ2n) is 8.74.